The Morgan fingerprint density at radius 2 is 1.85 bits per heavy atom. The molecule has 0 aliphatic rings. The van der Waals surface area contributed by atoms with Crippen LogP contribution in [0.25, 0.3) is 0 Å². The zero-order chi connectivity index (χ0) is 9.84. The second kappa shape index (κ2) is 4.08. The Balaban J connectivity index is 3.45. The first-order valence-electron chi connectivity index (χ1n) is 4.47. The van der Waals surface area contributed by atoms with Gasteiger partial charge in [-0.3, -0.25) is 4.79 Å². The van der Waals surface area contributed by atoms with E-state index in [-0.39, 0.29) is 11.3 Å². The van der Waals surface area contributed by atoms with E-state index in [2.05, 4.69) is 5.32 Å². The first-order valence-corrected chi connectivity index (χ1v) is 4.47. The van der Waals surface area contributed by atoms with Crippen molar-refractivity contribution in [3.8, 4) is 0 Å². The molecule has 0 aromatic heterocycles. The van der Waals surface area contributed by atoms with Gasteiger partial charge >= 0.3 is 0 Å². The fourth-order valence-corrected chi connectivity index (χ4v) is 1.42. The first kappa shape index (κ1) is 9.78. The maximum Gasteiger partial charge on any atom is 0.184 e. The van der Waals surface area contributed by atoms with Gasteiger partial charge in [0, 0.05) is 18.3 Å². The van der Waals surface area contributed by atoms with Crippen LogP contribution in [0, 0.1) is 0 Å². The van der Waals surface area contributed by atoms with E-state index in [1.165, 1.54) is 0 Å². The zero-order valence-electron chi connectivity index (χ0n) is 8.29. The lowest BCUT2D eigenvalue weighted by atomic mass is 10.0. The molecule has 70 valence electrons. The van der Waals surface area contributed by atoms with Crippen LogP contribution in [-0.4, -0.2) is 7.05 Å². The molecule has 0 aliphatic carbocycles. The van der Waals surface area contributed by atoms with Gasteiger partial charge in [-0.2, -0.15) is 0 Å². The molecule has 0 bridgehead atoms. The van der Waals surface area contributed by atoms with E-state index in [0.717, 1.165) is 11.3 Å². The fraction of sp³-hybridized carbons (Fsp3) is 0.364. The molecular weight excluding hydrogens is 162 g/mol. The Kier molecular flexibility index (Phi) is 3.07. The summed E-state index contributed by atoms with van der Waals surface area (Å²) in [5.41, 5.74) is 1.88. The number of anilines is 1. The van der Waals surface area contributed by atoms with Crippen LogP contribution in [0.1, 0.15) is 25.3 Å². The van der Waals surface area contributed by atoms with Crippen LogP contribution < -0.4 is 10.7 Å². The normalized spacial score (nSPS) is 10.2. The molecule has 0 amide bonds. The average Bonchev–Trinajstić information content (AvgIpc) is 2.26. The Morgan fingerprint density at radius 1 is 1.23 bits per heavy atom. The molecule has 0 radical (unpaired) electrons. The van der Waals surface area contributed by atoms with Gasteiger partial charge in [-0.05, 0) is 18.1 Å². The quantitative estimate of drug-likeness (QED) is 0.750. The van der Waals surface area contributed by atoms with Crippen LogP contribution in [0.3, 0.4) is 0 Å². The van der Waals surface area contributed by atoms with Gasteiger partial charge in [0.15, 0.2) is 5.43 Å². The summed E-state index contributed by atoms with van der Waals surface area (Å²) < 4.78 is 0. The molecule has 0 spiro atoms. The SMILES string of the molecule is CNc1ccccc(=O)c1C(C)C. The minimum absolute atomic E-state index is 0.101. The highest BCUT2D eigenvalue weighted by Gasteiger charge is 2.07. The van der Waals surface area contributed by atoms with E-state index in [1.54, 1.807) is 12.1 Å². The lowest BCUT2D eigenvalue weighted by Crippen LogP contribution is -2.09. The van der Waals surface area contributed by atoms with E-state index in [0.29, 0.717) is 0 Å². The molecule has 1 aromatic rings. The summed E-state index contributed by atoms with van der Waals surface area (Å²) in [4.78, 5) is 11.6. The van der Waals surface area contributed by atoms with E-state index in [1.807, 2.05) is 33.0 Å². The van der Waals surface area contributed by atoms with E-state index >= 15 is 0 Å². The lowest BCUT2D eigenvalue weighted by Gasteiger charge is -2.07. The van der Waals surface area contributed by atoms with Gasteiger partial charge in [0.1, 0.15) is 0 Å². The molecule has 2 nitrogen and oxygen atoms in total. The molecule has 0 saturated carbocycles. The van der Waals surface area contributed by atoms with Crippen molar-refractivity contribution in [2.45, 2.75) is 19.8 Å². The summed E-state index contributed by atoms with van der Waals surface area (Å²) in [6.45, 7) is 4.05. The third kappa shape index (κ3) is 2.08. The van der Waals surface area contributed by atoms with Crippen LogP contribution in [0.2, 0.25) is 0 Å². The molecule has 13 heavy (non-hydrogen) atoms. The number of hydrogen-bond acceptors (Lipinski definition) is 2. The van der Waals surface area contributed by atoms with Crippen LogP contribution >= 0.6 is 0 Å². The lowest BCUT2D eigenvalue weighted by molar-refractivity contribution is 0.861. The molecule has 0 fully saturated rings. The molecule has 0 unspecified atom stereocenters. The van der Waals surface area contributed by atoms with Gasteiger partial charge in [-0.25, -0.2) is 0 Å². The molecular formula is C11H15NO. The highest BCUT2D eigenvalue weighted by atomic mass is 16.1. The van der Waals surface area contributed by atoms with Crippen molar-refractivity contribution in [1.29, 1.82) is 0 Å². The van der Waals surface area contributed by atoms with Crippen LogP contribution in [0.4, 0.5) is 5.69 Å². The predicted octanol–water partition coefficient (Wildman–Crippen LogP) is 2.21. The van der Waals surface area contributed by atoms with Crippen molar-refractivity contribution in [1.82, 2.24) is 0 Å². The smallest absolute Gasteiger partial charge is 0.184 e. The summed E-state index contributed by atoms with van der Waals surface area (Å²) in [6, 6.07) is 7.18. The van der Waals surface area contributed by atoms with Crippen LogP contribution in [-0.2, 0) is 0 Å². The van der Waals surface area contributed by atoms with Crippen molar-refractivity contribution in [3.05, 3.63) is 40.1 Å². The Hall–Kier alpha value is -1.31. The van der Waals surface area contributed by atoms with Gasteiger partial charge in [-0.1, -0.05) is 26.0 Å². The van der Waals surface area contributed by atoms with Crippen LogP contribution in [0.15, 0.2) is 29.1 Å². The topological polar surface area (TPSA) is 29.1 Å². The molecule has 0 aliphatic heterocycles. The van der Waals surface area contributed by atoms with E-state index in [9.17, 15) is 4.79 Å². The minimum Gasteiger partial charge on any atom is -0.388 e. The first-order chi connectivity index (χ1) is 6.16. The second-order valence-electron chi connectivity index (χ2n) is 3.31. The molecule has 1 rings (SSSR count). The van der Waals surface area contributed by atoms with Gasteiger partial charge in [0.2, 0.25) is 0 Å². The second-order valence-corrected chi connectivity index (χ2v) is 3.31. The molecule has 0 atom stereocenters. The van der Waals surface area contributed by atoms with Crippen molar-refractivity contribution < 1.29 is 0 Å². The maximum atomic E-state index is 11.6. The standard InChI is InChI=1S/C11H15NO/c1-8(2)11-9(12-3)6-4-5-7-10(11)13/h4-8,12H,1-3H3. The maximum absolute atomic E-state index is 11.6. The minimum atomic E-state index is 0.101. The summed E-state index contributed by atoms with van der Waals surface area (Å²) in [7, 11) is 1.83. The van der Waals surface area contributed by atoms with Crippen molar-refractivity contribution >= 4 is 5.69 Å². The highest BCUT2D eigenvalue weighted by molar-refractivity contribution is 5.50. The Bertz CT molecular complexity index is 344. The molecule has 1 aromatic carbocycles. The predicted molar refractivity (Wildman–Crippen MR) is 56.3 cm³/mol. The average molecular weight is 177 g/mol. The summed E-state index contributed by atoms with van der Waals surface area (Å²) in [5, 5.41) is 3.04. The molecule has 1 N–H and O–H groups in total. The summed E-state index contributed by atoms with van der Waals surface area (Å²) in [5.74, 6) is 0.252. The third-order valence-corrected chi connectivity index (χ3v) is 2.02. The summed E-state index contributed by atoms with van der Waals surface area (Å²) >= 11 is 0. The van der Waals surface area contributed by atoms with E-state index < -0.39 is 0 Å². The van der Waals surface area contributed by atoms with Crippen molar-refractivity contribution in [2.24, 2.45) is 0 Å². The van der Waals surface area contributed by atoms with Gasteiger partial charge in [-0.15, -0.1) is 0 Å². The third-order valence-electron chi connectivity index (χ3n) is 2.02. The van der Waals surface area contributed by atoms with Crippen LogP contribution in [0.5, 0.6) is 0 Å². The monoisotopic (exact) mass is 177 g/mol. The van der Waals surface area contributed by atoms with Gasteiger partial charge in [0.05, 0.1) is 0 Å². The molecule has 0 saturated heterocycles. The number of hydrogen-bond donors (Lipinski definition) is 1. The largest absolute Gasteiger partial charge is 0.388 e. The Morgan fingerprint density at radius 3 is 2.38 bits per heavy atom. The highest BCUT2D eigenvalue weighted by Crippen LogP contribution is 2.18. The molecule has 0 heterocycles. The zero-order valence-corrected chi connectivity index (χ0v) is 8.29. The molecule has 2 heteroatoms. The van der Waals surface area contributed by atoms with Gasteiger partial charge < -0.3 is 5.32 Å². The fourth-order valence-electron chi connectivity index (χ4n) is 1.42. The Labute approximate surface area is 78.6 Å². The number of nitrogens with one attached hydrogen (secondary N) is 1. The number of rotatable bonds is 2. The summed E-state index contributed by atoms with van der Waals surface area (Å²) in [6.07, 6.45) is 0. The van der Waals surface area contributed by atoms with Crippen molar-refractivity contribution in [2.75, 3.05) is 12.4 Å². The van der Waals surface area contributed by atoms with Gasteiger partial charge in [0.25, 0.3) is 0 Å². The van der Waals surface area contributed by atoms with E-state index in [4.69, 9.17) is 0 Å². The van der Waals surface area contributed by atoms with Crippen molar-refractivity contribution in [3.63, 3.8) is 0 Å².